The summed E-state index contributed by atoms with van der Waals surface area (Å²) < 4.78 is 10.5. The summed E-state index contributed by atoms with van der Waals surface area (Å²) >= 11 is 0. The third-order valence-corrected chi connectivity index (χ3v) is 3.77. The van der Waals surface area contributed by atoms with Gasteiger partial charge in [0.2, 0.25) is 11.8 Å². The molecule has 0 aromatic carbocycles. The molecule has 0 aliphatic carbocycles. The molecule has 4 heterocycles. The molecule has 8 heteroatoms. The number of hydrogen-bond acceptors (Lipinski definition) is 6. The predicted molar refractivity (Wildman–Crippen MR) is 85.5 cm³/mol. The van der Waals surface area contributed by atoms with Gasteiger partial charge in [0.15, 0.2) is 0 Å². The first-order valence-corrected chi connectivity index (χ1v) is 7.67. The molecule has 4 rings (SSSR count). The number of nitrogens with zero attached hydrogens (tertiary/aromatic N) is 5. The number of pyridine rings is 2. The Labute approximate surface area is 138 Å². The van der Waals surface area contributed by atoms with Crippen molar-refractivity contribution < 1.29 is 14.6 Å². The highest BCUT2D eigenvalue weighted by molar-refractivity contribution is 5.31. The highest BCUT2D eigenvalue weighted by atomic mass is 16.5. The monoisotopic (exact) mass is 327 g/mol. The predicted octanol–water partition coefficient (Wildman–Crippen LogP) is 3.11. The first-order valence-electron chi connectivity index (χ1n) is 7.67. The Morgan fingerprint density at radius 1 is 1.04 bits per heavy atom. The summed E-state index contributed by atoms with van der Waals surface area (Å²) in [5, 5.41) is 13.1. The largest absolute Gasteiger partial charge is 0.477 e. The third-order valence-electron chi connectivity index (χ3n) is 3.77. The lowest BCUT2D eigenvalue weighted by atomic mass is 10.1. The minimum absolute atomic E-state index is 0.123. The van der Waals surface area contributed by atoms with Crippen LogP contribution in [0.2, 0.25) is 0 Å². The van der Waals surface area contributed by atoms with Crippen LogP contribution in [-0.4, -0.2) is 28.3 Å². The highest BCUT2D eigenvalue weighted by Crippen LogP contribution is 2.32. The molecule has 0 radical (unpaired) electrons. The van der Waals surface area contributed by atoms with E-state index in [1.807, 2.05) is 18.2 Å². The van der Waals surface area contributed by atoms with Crippen LogP contribution < -0.4 is 9.47 Å². The van der Waals surface area contributed by atoms with Crippen molar-refractivity contribution in [1.29, 1.82) is 0 Å². The summed E-state index contributed by atoms with van der Waals surface area (Å²) in [6, 6.07) is 7.21. The summed E-state index contributed by atoms with van der Waals surface area (Å²) in [7, 11) is 0. The third kappa shape index (κ3) is 3.56. The number of rotatable bonds is 1. The number of ether oxygens (including phenoxy) is 2. The summed E-state index contributed by atoms with van der Waals surface area (Å²) in [5.41, 5.74) is 10.0. The highest BCUT2D eigenvalue weighted by Gasteiger charge is 2.20. The van der Waals surface area contributed by atoms with E-state index >= 15 is 0 Å². The molecule has 2 atom stereocenters. The van der Waals surface area contributed by atoms with Gasteiger partial charge in [-0.15, -0.1) is 0 Å². The Bertz CT molecular complexity index is 748. The van der Waals surface area contributed by atoms with Gasteiger partial charge < -0.3 is 14.6 Å². The van der Waals surface area contributed by atoms with Gasteiger partial charge in [-0.1, -0.05) is 11.2 Å². The molecule has 2 aliphatic heterocycles. The lowest BCUT2D eigenvalue weighted by Crippen LogP contribution is -2.14. The molecule has 0 saturated carbocycles. The number of aliphatic hydroxyl groups excluding tert-OH is 1. The molecule has 2 aliphatic rings. The van der Waals surface area contributed by atoms with Crippen LogP contribution in [0.25, 0.3) is 10.4 Å². The zero-order valence-electron chi connectivity index (χ0n) is 12.9. The average molecular weight is 327 g/mol. The van der Waals surface area contributed by atoms with Crippen LogP contribution in [0, 0.1) is 0 Å². The quantitative estimate of drug-likeness (QED) is 0.491. The maximum atomic E-state index is 9.44. The zero-order chi connectivity index (χ0) is 16.8. The molecule has 2 aromatic heterocycles. The van der Waals surface area contributed by atoms with E-state index in [2.05, 4.69) is 20.0 Å². The minimum Gasteiger partial charge on any atom is -0.477 e. The Kier molecular flexibility index (Phi) is 5.10. The van der Waals surface area contributed by atoms with Crippen molar-refractivity contribution in [3.8, 4) is 11.8 Å². The van der Waals surface area contributed by atoms with E-state index < -0.39 is 6.10 Å². The van der Waals surface area contributed by atoms with E-state index in [9.17, 15) is 5.11 Å². The summed E-state index contributed by atoms with van der Waals surface area (Å²) in [6.07, 6.45) is 4.32. The molecule has 0 fully saturated rings. The van der Waals surface area contributed by atoms with Gasteiger partial charge in [0.05, 0.1) is 25.4 Å². The first kappa shape index (κ1) is 16.0. The van der Waals surface area contributed by atoms with E-state index in [0.29, 0.717) is 31.4 Å². The van der Waals surface area contributed by atoms with Crippen molar-refractivity contribution in [3.63, 3.8) is 0 Å². The van der Waals surface area contributed by atoms with Crippen LogP contribution in [0.3, 0.4) is 0 Å². The fourth-order valence-corrected chi connectivity index (χ4v) is 2.58. The zero-order valence-corrected chi connectivity index (χ0v) is 12.9. The topological polar surface area (TPSA) is 113 Å². The van der Waals surface area contributed by atoms with Gasteiger partial charge >= 0.3 is 0 Å². The first-order chi connectivity index (χ1) is 11.8. The second-order valence-electron chi connectivity index (χ2n) is 5.31. The molecule has 0 spiro atoms. The molecule has 1 N–H and O–H groups in total. The fourth-order valence-electron chi connectivity index (χ4n) is 2.58. The maximum absolute atomic E-state index is 9.44. The van der Waals surface area contributed by atoms with Crippen molar-refractivity contribution in [2.75, 3.05) is 13.2 Å². The van der Waals surface area contributed by atoms with Crippen molar-refractivity contribution in [3.05, 3.63) is 58.2 Å². The van der Waals surface area contributed by atoms with Crippen molar-refractivity contribution in [2.45, 2.75) is 25.0 Å². The van der Waals surface area contributed by atoms with E-state index in [4.69, 9.17) is 15.0 Å². The molecule has 8 nitrogen and oxygen atoms in total. The molecular formula is C16H17N5O3. The van der Waals surface area contributed by atoms with Gasteiger partial charge in [-0.3, -0.25) is 0 Å². The van der Waals surface area contributed by atoms with E-state index in [1.165, 1.54) is 0 Å². The average Bonchev–Trinajstić information content (AvgIpc) is 2.63. The Morgan fingerprint density at radius 3 is 2.33 bits per heavy atom. The lowest BCUT2D eigenvalue weighted by Gasteiger charge is -2.20. The smallest absolute Gasteiger partial charge is 0.219 e. The number of hydrogen-bond donors (Lipinski definition) is 1. The molecular weight excluding hydrogens is 310 g/mol. The SMILES string of the molecule is OC1CCOc2ncccc21.[N-]=[N+]=NC1CCOc2ncccc21. The minimum atomic E-state index is -0.396. The molecule has 0 bridgehead atoms. The van der Waals surface area contributed by atoms with Crippen LogP contribution in [0.15, 0.2) is 41.8 Å². The normalized spacial score (nSPS) is 20.7. The number of fused-ring (bicyclic) bond motifs is 2. The maximum Gasteiger partial charge on any atom is 0.219 e. The van der Waals surface area contributed by atoms with E-state index in [1.54, 1.807) is 18.5 Å². The van der Waals surface area contributed by atoms with Crippen LogP contribution in [0.4, 0.5) is 0 Å². The van der Waals surface area contributed by atoms with Gasteiger partial charge in [-0.25, -0.2) is 9.97 Å². The summed E-state index contributed by atoms with van der Waals surface area (Å²) in [5.74, 6) is 1.16. The van der Waals surface area contributed by atoms with Gasteiger partial charge in [-0.05, 0) is 30.2 Å². The molecule has 2 aromatic rings. The number of aromatic nitrogens is 2. The van der Waals surface area contributed by atoms with Gasteiger partial charge in [0.25, 0.3) is 0 Å². The van der Waals surface area contributed by atoms with E-state index in [0.717, 1.165) is 17.5 Å². The molecule has 0 saturated heterocycles. The number of aliphatic hydroxyl groups is 1. The van der Waals surface area contributed by atoms with Crippen LogP contribution in [0.1, 0.15) is 36.1 Å². The molecule has 24 heavy (non-hydrogen) atoms. The van der Waals surface area contributed by atoms with Crippen LogP contribution >= 0.6 is 0 Å². The van der Waals surface area contributed by atoms with Gasteiger partial charge in [0.1, 0.15) is 0 Å². The van der Waals surface area contributed by atoms with E-state index in [-0.39, 0.29) is 6.04 Å². The number of azide groups is 1. The Balaban J connectivity index is 0.000000143. The molecule has 2 unspecified atom stereocenters. The summed E-state index contributed by atoms with van der Waals surface area (Å²) in [4.78, 5) is 10.8. The summed E-state index contributed by atoms with van der Waals surface area (Å²) in [6.45, 7) is 1.12. The van der Waals surface area contributed by atoms with Crippen molar-refractivity contribution >= 4 is 0 Å². The molecule has 0 amide bonds. The van der Waals surface area contributed by atoms with Crippen LogP contribution in [-0.2, 0) is 0 Å². The van der Waals surface area contributed by atoms with Crippen molar-refractivity contribution in [2.24, 2.45) is 5.11 Å². The Hall–Kier alpha value is -2.83. The second kappa shape index (κ2) is 7.63. The standard InChI is InChI=1S/C8H8N4O.C8H9NO2/c9-12-11-7-3-5-13-8-6(7)2-1-4-10-8;10-7-3-5-11-8-6(7)2-1-4-9-8/h1-2,4,7H,3,5H2;1-2,4,7,10H,3,5H2. The second-order valence-corrected chi connectivity index (χ2v) is 5.31. The van der Waals surface area contributed by atoms with Crippen LogP contribution in [0.5, 0.6) is 11.8 Å². The van der Waals surface area contributed by atoms with Gasteiger partial charge in [-0.2, -0.15) is 0 Å². The molecule has 124 valence electrons. The van der Waals surface area contributed by atoms with Gasteiger partial charge in [0, 0.05) is 34.9 Å². The van der Waals surface area contributed by atoms with Crippen molar-refractivity contribution in [1.82, 2.24) is 9.97 Å². The fraction of sp³-hybridized carbons (Fsp3) is 0.375. The Morgan fingerprint density at radius 2 is 1.67 bits per heavy atom. The lowest BCUT2D eigenvalue weighted by molar-refractivity contribution is 0.112.